The number of ether oxygens (including phenoxy) is 3. The summed E-state index contributed by atoms with van der Waals surface area (Å²) in [4.78, 5) is 122. The SMILES string of the molecule is CCCCC(=O)NCCCOCCOCCOCCCNC(=O)[C@@H]1CCCCn2cc(nn2)CC(NC)C(=O)NC(Cc2ccc(O)cc2)C(=O)NC(CC(=O)O)C(=O)N[C@@H](CC(C)C)C(=O)NC(CCC)C(=O)NC(CC)C(=O)N1. The van der Waals surface area contributed by atoms with Crippen molar-refractivity contribution in [1.29, 1.82) is 0 Å². The molecule has 2 bridgehead atoms. The fraction of sp³-hybridized carbons (Fsp3) is 0.691. The van der Waals surface area contributed by atoms with E-state index in [-0.39, 0.29) is 62.6 Å². The second kappa shape index (κ2) is 38.8. The van der Waals surface area contributed by atoms with E-state index in [1.54, 1.807) is 45.6 Å². The fourth-order valence-corrected chi connectivity index (χ4v) is 8.55. The Labute approximate surface area is 475 Å². The van der Waals surface area contributed by atoms with Crippen molar-refractivity contribution in [2.75, 3.05) is 59.8 Å². The largest absolute Gasteiger partial charge is 0.508 e. The minimum atomic E-state index is -1.74. The zero-order chi connectivity index (χ0) is 59.5. The van der Waals surface area contributed by atoms with Crippen molar-refractivity contribution in [2.45, 2.75) is 180 Å². The van der Waals surface area contributed by atoms with Crippen LogP contribution in [0, 0.1) is 5.92 Å². The van der Waals surface area contributed by atoms with Crippen LogP contribution in [0.5, 0.6) is 5.75 Å². The lowest BCUT2D eigenvalue weighted by atomic mass is 10.0. The number of likely N-dealkylation sites (N-methyl/N-ethyl adjacent to an activating group) is 1. The smallest absolute Gasteiger partial charge is 0.305 e. The van der Waals surface area contributed by atoms with Gasteiger partial charge >= 0.3 is 5.97 Å². The summed E-state index contributed by atoms with van der Waals surface area (Å²) in [7, 11) is 1.54. The highest BCUT2D eigenvalue weighted by atomic mass is 16.5. The number of aliphatic carboxylic acids is 1. The number of amides is 8. The lowest BCUT2D eigenvalue weighted by Crippen LogP contribution is -2.60. The number of carbonyl (C=O) groups is 9. The Morgan fingerprint density at radius 3 is 1.88 bits per heavy atom. The average molecular weight is 1140 g/mol. The van der Waals surface area contributed by atoms with Gasteiger partial charge in [0.2, 0.25) is 47.3 Å². The third-order valence-electron chi connectivity index (χ3n) is 13.1. The van der Waals surface area contributed by atoms with Crippen LogP contribution in [0.4, 0.5) is 0 Å². The molecule has 81 heavy (non-hydrogen) atoms. The fourth-order valence-electron chi connectivity index (χ4n) is 8.55. The summed E-state index contributed by atoms with van der Waals surface area (Å²) in [5.74, 6) is -6.76. The first-order chi connectivity index (χ1) is 38.9. The molecule has 26 nitrogen and oxygen atoms in total. The lowest BCUT2D eigenvalue weighted by Gasteiger charge is -2.28. The topological polar surface area (TPSA) is 361 Å². The maximum absolute atomic E-state index is 14.1. The molecule has 5 unspecified atom stereocenters. The molecule has 0 fully saturated rings. The normalized spacial score (nSPS) is 21.3. The van der Waals surface area contributed by atoms with Gasteiger partial charge in [0, 0.05) is 58.3 Å². The van der Waals surface area contributed by atoms with E-state index in [0.717, 1.165) is 12.8 Å². The van der Waals surface area contributed by atoms with Gasteiger partial charge in [-0.2, -0.15) is 0 Å². The lowest BCUT2D eigenvalue weighted by molar-refractivity contribution is -0.141. The van der Waals surface area contributed by atoms with Crippen LogP contribution in [0.25, 0.3) is 0 Å². The van der Waals surface area contributed by atoms with Gasteiger partial charge in [-0.3, -0.25) is 47.8 Å². The molecule has 0 aliphatic carbocycles. The number of benzene rings is 1. The zero-order valence-electron chi connectivity index (χ0n) is 48.1. The highest BCUT2D eigenvalue weighted by molar-refractivity contribution is 5.98. The van der Waals surface area contributed by atoms with Crippen molar-refractivity contribution in [3.05, 3.63) is 41.7 Å². The monoisotopic (exact) mass is 1140 g/mol. The Balaban J connectivity index is 1.79. The highest BCUT2D eigenvalue weighted by Gasteiger charge is 2.35. The molecule has 1 aromatic carbocycles. The van der Waals surface area contributed by atoms with Crippen molar-refractivity contribution < 1.29 is 67.6 Å². The summed E-state index contributed by atoms with van der Waals surface area (Å²) in [6, 6.07) is -2.83. The van der Waals surface area contributed by atoms with Gasteiger partial charge in [0.25, 0.3) is 0 Å². The van der Waals surface area contributed by atoms with Gasteiger partial charge in [-0.1, -0.05) is 64.8 Å². The molecule has 0 spiro atoms. The van der Waals surface area contributed by atoms with Crippen LogP contribution in [-0.4, -0.2) is 181 Å². The van der Waals surface area contributed by atoms with Gasteiger partial charge in [0.1, 0.15) is 42.0 Å². The molecule has 7 atom stereocenters. The molecule has 0 saturated heterocycles. The van der Waals surface area contributed by atoms with E-state index >= 15 is 0 Å². The first-order valence-electron chi connectivity index (χ1n) is 28.5. The van der Waals surface area contributed by atoms with Crippen LogP contribution in [0.1, 0.15) is 129 Å². The van der Waals surface area contributed by atoms with Crippen molar-refractivity contribution in [3.8, 4) is 5.75 Å². The standard InChI is InChI=1S/C55H90N12O14/c1-7-10-17-47(69)57-22-13-25-79-27-29-81-30-28-80-26-14-23-58-49(72)42-16-11-12-24-67-35-38(65-66-67)33-43(56-6)52(75)63-45(32-37-18-20-39(68)21-19-37)54(77)64-46(34-48(70)71)55(78)62-44(31-36(4)5)53(76)60-41(15-8-2)51(74)59-40(9-3)50(73)61-42/h18-21,35-36,40-46,56,68H,7-17,22-34H2,1-6H3,(H,57,69)(H,58,72)(H,59,74)(H,60,76)(H,61,73)(H,62,78)(H,63,75)(H,64,77)(H,70,71)/t40?,41?,42-,43?,44-,45?,46?/m0/s1. The van der Waals surface area contributed by atoms with Gasteiger partial charge < -0.3 is 72.3 Å². The number of aromatic nitrogens is 3. The molecule has 454 valence electrons. The maximum Gasteiger partial charge on any atom is 0.305 e. The van der Waals surface area contributed by atoms with E-state index in [4.69, 9.17) is 14.2 Å². The molecule has 11 N–H and O–H groups in total. The third-order valence-corrected chi connectivity index (χ3v) is 13.1. The highest BCUT2D eigenvalue weighted by Crippen LogP contribution is 2.14. The van der Waals surface area contributed by atoms with Gasteiger partial charge in [-0.05, 0) is 88.4 Å². The zero-order valence-corrected chi connectivity index (χ0v) is 48.1. The third kappa shape index (κ3) is 27.5. The summed E-state index contributed by atoms with van der Waals surface area (Å²) in [6.45, 7) is 12.6. The van der Waals surface area contributed by atoms with E-state index in [1.807, 2.05) is 6.92 Å². The molecule has 26 heteroatoms. The minimum Gasteiger partial charge on any atom is -0.508 e. The number of phenolic OH excluding ortho intramolecular Hbond substituents is 1. The molecule has 1 aliphatic rings. The number of unbranched alkanes of at least 4 members (excludes halogenated alkanes) is 1. The van der Waals surface area contributed by atoms with Gasteiger partial charge in [-0.15, -0.1) is 5.10 Å². The molecule has 3 rings (SSSR count). The van der Waals surface area contributed by atoms with E-state index in [0.29, 0.717) is 103 Å². The van der Waals surface area contributed by atoms with Crippen LogP contribution >= 0.6 is 0 Å². The van der Waals surface area contributed by atoms with Crippen LogP contribution in [-0.2, 0) is 76.7 Å². The average Bonchev–Trinajstić information content (AvgIpc) is 3.88. The molecule has 2 aromatic rings. The summed E-state index contributed by atoms with van der Waals surface area (Å²) < 4.78 is 18.4. The van der Waals surface area contributed by atoms with E-state index in [1.165, 1.54) is 24.3 Å². The Morgan fingerprint density at radius 2 is 1.26 bits per heavy atom. The Hall–Kier alpha value is -6.77. The van der Waals surface area contributed by atoms with E-state index < -0.39 is 96.0 Å². The number of carboxylic acid groups (broad SMARTS) is 1. The second-order valence-electron chi connectivity index (χ2n) is 20.5. The van der Waals surface area contributed by atoms with Crippen LogP contribution in [0.3, 0.4) is 0 Å². The number of carbonyl (C=O) groups excluding carboxylic acids is 8. The van der Waals surface area contributed by atoms with E-state index in [2.05, 4.69) is 58.2 Å². The maximum atomic E-state index is 14.1. The van der Waals surface area contributed by atoms with E-state index in [9.17, 15) is 53.4 Å². The molecule has 1 aromatic heterocycles. The minimum absolute atomic E-state index is 0.0278. The number of hydrogen-bond acceptors (Lipinski definition) is 16. The van der Waals surface area contributed by atoms with Crippen LogP contribution in [0.2, 0.25) is 0 Å². The summed E-state index contributed by atoms with van der Waals surface area (Å²) in [5, 5.41) is 53.0. The second-order valence-corrected chi connectivity index (χ2v) is 20.5. The number of nitrogens with one attached hydrogen (secondary N) is 9. The number of carboxylic acids is 1. The first-order valence-corrected chi connectivity index (χ1v) is 28.5. The van der Waals surface area contributed by atoms with Crippen molar-refractivity contribution >= 4 is 53.2 Å². The number of nitrogens with zero attached hydrogens (tertiary/aromatic N) is 3. The summed E-state index contributed by atoms with van der Waals surface area (Å²) in [6.07, 6.45) is 6.07. The van der Waals surface area contributed by atoms with Crippen LogP contribution in [0.15, 0.2) is 30.5 Å². The predicted octanol–water partition coefficient (Wildman–Crippen LogP) is 0.433. The summed E-state index contributed by atoms with van der Waals surface area (Å²) >= 11 is 0. The number of aryl methyl sites for hydroxylation is 1. The quantitative estimate of drug-likeness (QED) is 0.0515. The Kier molecular flexibility index (Phi) is 32.8. The first kappa shape index (κ1) is 68.5. The number of fused-ring (bicyclic) bond motifs is 2. The van der Waals surface area contributed by atoms with Crippen molar-refractivity contribution in [3.63, 3.8) is 0 Å². The van der Waals surface area contributed by atoms with Crippen molar-refractivity contribution in [2.24, 2.45) is 5.92 Å². The van der Waals surface area contributed by atoms with Gasteiger partial charge in [0.15, 0.2) is 0 Å². The predicted molar refractivity (Wildman–Crippen MR) is 298 cm³/mol. The molecule has 0 radical (unpaired) electrons. The molecule has 0 saturated carbocycles. The molecule has 2 heterocycles. The van der Waals surface area contributed by atoms with Crippen LogP contribution < -0.4 is 47.9 Å². The number of aromatic hydroxyl groups is 1. The molecule has 1 aliphatic heterocycles. The molecule has 8 amide bonds. The Bertz CT molecular complexity index is 2270. The Morgan fingerprint density at radius 1 is 0.691 bits per heavy atom. The van der Waals surface area contributed by atoms with Gasteiger partial charge in [0.05, 0.1) is 44.6 Å². The molecular formula is C55H90N12O14. The number of rotatable bonds is 28. The number of hydrogen-bond donors (Lipinski definition) is 11. The van der Waals surface area contributed by atoms with Crippen molar-refractivity contribution in [1.82, 2.24) is 62.8 Å². The molecular weight excluding hydrogens is 1050 g/mol. The summed E-state index contributed by atoms with van der Waals surface area (Å²) in [5.41, 5.74) is 0.934. The van der Waals surface area contributed by atoms with Gasteiger partial charge in [-0.25, -0.2) is 0 Å². The number of phenols is 1.